The Bertz CT molecular complexity index is 1170. The van der Waals surface area contributed by atoms with Gasteiger partial charge in [-0.3, -0.25) is 9.52 Å². The Kier molecular flexibility index (Phi) is 6.76. The molecule has 9 heteroatoms. The molecule has 2 heterocycles. The van der Waals surface area contributed by atoms with Gasteiger partial charge < -0.3 is 10.2 Å². The van der Waals surface area contributed by atoms with E-state index >= 15 is 0 Å². The van der Waals surface area contributed by atoms with Crippen molar-refractivity contribution in [3.05, 3.63) is 60.3 Å². The minimum Gasteiger partial charge on any atom is -0.372 e. The van der Waals surface area contributed by atoms with E-state index in [0.29, 0.717) is 10.8 Å². The van der Waals surface area contributed by atoms with Gasteiger partial charge in [-0.05, 0) is 56.0 Å². The maximum atomic E-state index is 12.5. The summed E-state index contributed by atoms with van der Waals surface area (Å²) in [6.45, 7) is 3.90. The summed E-state index contributed by atoms with van der Waals surface area (Å²) in [6, 6.07) is 17.0. The molecule has 0 bridgehead atoms. The number of sulfonamides is 1. The molecule has 1 aliphatic rings. The minimum atomic E-state index is -3.85. The molecule has 4 rings (SSSR count). The third-order valence-corrected chi connectivity index (χ3v) is 7.57. The lowest BCUT2D eigenvalue weighted by Gasteiger charge is -2.28. The number of thiazole rings is 1. The van der Waals surface area contributed by atoms with E-state index in [0.717, 1.165) is 34.9 Å². The SMILES string of the molecule is Cc1nc(NC(=O)CS(=O)(=O)Nc2ccc(N3CCCCC3)cc2)sc1-c1ccccc1. The Balaban J connectivity index is 1.36. The van der Waals surface area contributed by atoms with Gasteiger partial charge in [-0.15, -0.1) is 0 Å². The molecule has 1 amide bonds. The summed E-state index contributed by atoms with van der Waals surface area (Å²) in [7, 11) is -3.85. The fourth-order valence-corrected chi connectivity index (χ4v) is 5.72. The molecule has 0 radical (unpaired) electrons. The predicted octanol–water partition coefficient (Wildman–Crippen LogP) is 4.49. The number of aromatic nitrogens is 1. The number of hydrogen-bond donors (Lipinski definition) is 2. The van der Waals surface area contributed by atoms with Crippen molar-refractivity contribution in [1.29, 1.82) is 0 Å². The topological polar surface area (TPSA) is 91.4 Å². The second-order valence-corrected chi connectivity index (χ2v) is 10.5. The lowest BCUT2D eigenvalue weighted by atomic mass is 10.1. The van der Waals surface area contributed by atoms with Crippen LogP contribution in [0.15, 0.2) is 54.6 Å². The summed E-state index contributed by atoms with van der Waals surface area (Å²) in [4.78, 5) is 20.0. The maximum absolute atomic E-state index is 12.5. The van der Waals surface area contributed by atoms with Crippen molar-refractivity contribution in [2.24, 2.45) is 0 Å². The molecule has 0 aliphatic carbocycles. The maximum Gasteiger partial charge on any atom is 0.243 e. The van der Waals surface area contributed by atoms with Gasteiger partial charge in [0.1, 0.15) is 5.75 Å². The zero-order valence-corrected chi connectivity index (χ0v) is 19.5. The molecule has 1 fully saturated rings. The van der Waals surface area contributed by atoms with Crippen molar-refractivity contribution < 1.29 is 13.2 Å². The molecule has 7 nitrogen and oxygen atoms in total. The smallest absolute Gasteiger partial charge is 0.243 e. The van der Waals surface area contributed by atoms with Crippen LogP contribution in [-0.4, -0.2) is 38.2 Å². The fourth-order valence-electron chi connectivity index (χ4n) is 3.74. The summed E-state index contributed by atoms with van der Waals surface area (Å²) >= 11 is 1.32. The highest BCUT2D eigenvalue weighted by Crippen LogP contribution is 2.32. The van der Waals surface area contributed by atoms with E-state index in [4.69, 9.17) is 0 Å². The van der Waals surface area contributed by atoms with Gasteiger partial charge in [0, 0.05) is 24.5 Å². The molecular weight excluding hydrogens is 444 g/mol. The van der Waals surface area contributed by atoms with Crippen molar-refractivity contribution in [1.82, 2.24) is 4.98 Å². The van der Waals surface area contributed by atoms with Gasteiger partial charge in [-0.2, -0.15) is 0 Å². The van der Waals surface area contributed by atoms with Gasteiger partial charge in [-0.1, -0.05) is 41.7 Å². The van der Waals surface area contributed by atoms with Crippen LogP contribution in [0.2, 0.25) is 0 Å². The monoisotopic (exact) mass is 470 g/mol. The molecule has 168 valence electrons. The predicted molar refractivity (Wildman–Crippen MR) is 131 cm³/mol. The van der Waals surface area contributed by atoms with Gasteiger partial charge in [-0.25, -0.2) is 13.4 Å². The minimum absolute atomic E-state index is 0.382. The zero-order chi connectivity index (χ0) is 22.6. The molecule has 0 spiro atoms. The van der Waals surface area contributed by atoms with Crippen molar-refractivity contribution in [2.45, 2.75) is 26.2 Å². The Morgan fingerprint density at radius 1 is 1.03 bits per heavy atom. The summed E-state index contributed by atoms with van der Waals surface area (Å²) in [5, 5.41) is 2.99. The van der Waals surface area contributed by atoms with E-state index < -0.39 is 21.7 Å². The number of carbonyl (C=O) groups excluding carboxylic acids is 1. The van der Waals surface area contributed by atoms with Crippen LogP contribution in [0.1, 0.15) is 25.0 Å². The van der Waals surface area contributed by atoms with Gasteiger partial charge in [0.2, 0.25) is 15.9 Å². The Labute approximate surface area is 192 Å². The van der Waals surface area contributed by atoms with E-state index in [2.05, 4.69) is 19.9 Å². The summed E-state index contributed by atoms with van der Waals surface area (Å²) in [5.41, 5.74) is 3.31. The lowest BCUT2D eigenvalue weighted by molar-refractivity contribution is -0.113. The molecule has 0 atom stereocenters. The number of piperidine rings is 1. The number of benzene rings is 2. The van der Waals surface area contributed by atoms with Crippen LogP contribution >= 0.6 is 11.3 Å². The first-order valence-corrected chi connectivity index (χ1v) is 13.0. The Hall–Kier alpha value is -2.91. The zero-order valence-electron chi connectivity index (χ0n) is 17.9. The highest BCUT2D eigenvalue weighted by atomic mass is 32.2. The quantitative estimate of drug-likeness (QED) is 0.531. The number of hydrogen-bond acceptors (Lipinski definition) is 6. The molecule has 2 N–H and O–H groups in total. The van der Waals surface area contributed by atoms with E-state index in [1.54, 1.807) is 12.1 Å². The van der Waals surface area contributed by atoms with Gasteiger partial charge in [0.05, 0.1) is 10.6 Å². The van der Waals surface area contributed by atoms with E-state index in [9.17, 15) is 13.2 Å². The van der Waals surface area contributed by atoms with Crippen LogP contribution in [0.4, 0.5) is 16.5 Å². The molecule has 3 aromatic rings. The normalized spacial score (nSPS) is 14.2. The molecular formula is C23H26N4O3S2. The van der Waals surface area contributed by atoms with Crippen LogP contribution in [0, 0.1) is 6.92 Å². The number of amides is 1. The Morgan fingerprint density at radius 2 is 1.72 bits per heavy atom. The summed E-state index contributed by atoms with van der Waals surface area (Å²) in [5.74, 6) is -1.31. The number of nitrogens with one attached hydrogen (secondary N) is 2. The number of anilines is 3. The van der Waals surface area contributed by atoms with Crippen molar-refractivity contribution in [3.63, 3.8) is 0 Å². The Morgan fingerprint density at radius 3 is 2.41 bits per heavy atom. The van der Waals surface area contributed by atoms with E-state index in [1.807, 2.05) is 49.4 Å². The molecule has 1 aliphatic heterocycles. The van der Waals surface area contributed by atoms with Crippen LogP contribution in [-0.2, 0) is 14.8 Å². The third-order valence-electron chi connectivity index (χ3n) is 5.26. The molecule has 32 heavy (non-hydrogen) atoms. The summed E-state index contributed by atoms with van der Waals surface area (Å²) < 4.78 is 27.4. The number of nitrogens with zero attached hydrogens (tertiary/aromatic N) is 2. The number of rotatable bonds is 7. The molecule has 2 aromatic carbocycles. The first-order valence-electron chi connectivity index (χ1n) is 10.6. The first-order chi connectivity index (χ1) is 15.4. The number of aryl methyl sites for hydroxylation is 1. The third kappa shape index (κ3) is 5.66. The second kappa shape index (κ2) is 9.70. The van der Waals surface area contributed by atoms with E-state index in [1.165, 1.54) is 30.6 Å². The van der Waals surface area contributed by atoms with E-state index in [-0.39, 0.29) is 0 Å². The average molecular weight is 471 g/mol. The fraction of sp³-hybridized carbons (Fsp3) is 0.304. The molecule has 1 aromatic heterocycles. The standard InChI is InChI=1S/C23H26N4O3S2/c1-17-22(18-8-4-2-5-9-18)31-23(24-17)25-21(28)16-32(29,30)26-19-10-12-20(13-11-19)27-14-6-3-7-15-27/h2,4-5,8-13,26H,3,6-7,14-16H2,1H3,(H,24,25,28). The molecule has 1 saturated heterocycles. The highest BCUT2D eigenvalue weighted by Gasteiger charge is 2.19. The van der Waals surface area contributed by atoms with Gasteiger partial charge >= 0.3 is 0 Å². The highest BCUT2D eigenvalue weighted by molar-refractivity contribution is 7.93. The molecule has 0 saturated carbocycles. The summed E-state index contributed by atoms with van der Waals surface area (Å²) in [6.07, 6.45) is 3.61. The van der Waals surface area contributed by atoms with Crippen LogP contribution in [0.5, 0.6) is 0 Å². The van der Waals surface area contributed by atoms with Crippen LogP contribution in [0.25, 0.3) is 10.4 Å². The first kappa shape index (κ1) is 22.3. The van der Waals surface area contributed by atoms with Gasteiger partial charge in [0.25, 0.3) is 0 Å². The second-order valence-electron chi connectivity index (χ2n) is 7.80. The average Bonchev–Trinajstić information content (AvgIpc) is 3.14. The molecule has 0 unspecified atom stereocenters. The largest absolute Gasteiger partial charge is 0.372 e. The van der Waals surface area contributed by atoms with Crippen molar-refractivity contribution in [2.75, 3.05) is 33.8 Å². The van der Waals surface area contributed by atoms with Crippen LogP contribution in [0.3, 0.4) is 0 Å². The number of carbonyl (C=O) groups is 1. The lowest BCUT2D eigenvalue weighted by Crippen LogP contribution is -2.29. The van der Waals surface area contributed by atoms with Gasteiger partial charge in [0.15, 0.2) is 5.13 Å². The van der Waals surface area contributed by atoms with Crippen LogP contribution < -0.4 is 14.9 Å². The van der Waals surface area contributed by atoms with Crippen molar-refractivity contribution in [3.8, 4) is 10.4 Å². The van der Waals surface area contributed by atoms with Crippen molar-refractivity contribution >= 4 is 43.8 Å².